The fraction of sp³-hybridized carbons (Fsp3) is 0.0714. The SMILES string of the molecule is CC(=O)c1cc(Oc2ccc(Br)cc2F)ccc1N. The molecule has 0 bridgehead atoms. The molecule has 0 aromatic heterocycles. The minimum Gasteiger partial charge on any atom is -0.454 e. The molecule has 0 atom stereocenters. The molecule has 5 heteroatoms. The molecular weight excluding hydrogens is 313 g/mol. The molecule has 0 saturated heterocycles. The van der Waals surface area contributed by atoms with E-state index >= 15 is 0 Å². The Morgan fingerprint density at radius 3 is 2.63 bits per heavy atom. The van der Waals surface area contributed by atoms with Crippen molar-refractivity contribution in [2.75, 3.05) is 5.73 Å². The number of rotatable bonds is 3. The molecule has 0 spiro atoms. The molecular formula is C14H11BrFNO2. The maximum absolute atomic E-state index is 13.6. The van der Waals surface area contributed by atoms with Crippen LogP contribution >= 0.6 is 15.9 Å². The predicted molar refractivity (Wildman–Crippen MR) is 75.0 cm³/mol. The zero-order chi connectivity index (χ0) is 14.0. The van der Waals surface area contributed by atoms with Gasteiger partial charge < -0.3 is 10.5 Å². The zero-order valence-corrected chi connectivity index (χ0v) is 11.7. The second-order valence-electron chi connectivity index (χ2n) is 3.98. The Hall–Kier alpha value is -1.88. The summed E-state index contributed by atoms with van der Waals surface area (Å²) in [5.41, 5.74) is 6.40. The summed E-state index contributed by atoms with van der Waals surface area (Å²) in [7, 11) is 0. The van der Waals surface area contributed by atoms with E-state index in [4.69, 9.17) is 10.5 Å². The van der Waals surface area contributed by atoms with E-state index in [-0.39, 0.29) is 11.5 Å². The van der Waals surface area contributed by atoms with E-state index in [2.05, 4.69) is 15.9 Å². The van der Waals surface area contributed by atoms with Crippen molar-refractivity contribution in [3.8, 4) is 11.5 Å². The van der Waals surface area contributed by atoms with Gasteiger partial charge in [0.2, 0.25) is 0 Å². The first-order valence-electron chi connectivity index (χ1n) is 5.51. The molecule has 2 N–H and O–H groups in total. The van der Waals surface area contributed by atoms with Crippen LogP contribution in [0, 0.1) is 5.82 Å². The number of hydrogen-bond acceptors (Lipinski definition) is 3. The molecule has 3 nitrogen and oxygen atoms in total. The van der Waals surface area contributed by atoms with Crippen LogP contribution in [0.15, 0.2) is 40.9 Å². The summed E-state index contributed by atoms with van der Waals surface area (Å²) < 4.78 is 19.7. The summed E-state index contributed by atoms with van der Waals surface area (Å²) in [6, 6.07) is 9.12. The number of carbonyl (C=O) groups excluding carboxylic acids is 1. The number of ketones is 1. The first-order valence-corrected chi connectivity index (χ1v) is 6.30. The van der Waals surface area contributed by atoms with Crippen molar-refractivity contribution in [1.29, 1.82) is 0 Å². The number of halogens is 2. The number of hydrogen-bond donors (Lipinski definition) is 1. The molecule has 98 valence electrons. The monoisotopic (exact) mass is 323 g/mol. The lowest BCUT2D eigenvalue weighted by Crippen LogP contribution is -2.00. The minimum absolute atomic E-state index is 0.0856. The van der Waals surface area contributed by atoms with Crippen molar-refractivity contribution in [3.63, 3.8) is 0 Å². The second-order valence-corrected chi connectivity index (χ2v) is 4.90. The zero-order valence-electron chi connectivity index (χ0n) is 10.1. The molecule has 2 rings (SSSR count). The lowest BCUT2D eigenvalue weighted by atomic mass is 10.1. The highest BCUT2D eigenvalue weighted by molar-refractivity contribution is 9.10. The number of benzene rings is 2. The molecule has 0 unspecified atom stereocenters. The topological polar surface area (TPSA) is 52.3 Å². The molecule has 2 aromatic carbocycles. The lowest BCUT2D eigenvalue weighted by molar-refractivity contribution is 0.101. The van der Waals surface area contributed by atoms with Crippen LogP contribution in [-0.4, -0.2) is 5.78 Å². The third-order valence-electron chi connectivity index (χ3n) is 2.53. The highest BCUT2D eigenvalue weighted by Crippen LogP contribution is 2.28. The average Bonchev–Trinajstić information content (AvgIpc) is 2.34. The predicted octanol–water partition coefficient (Wildman–Crippen LogP) is 4.17. The Balaban J connectivity index is 2.33. The van der Waals surface area contributed by atoms with E-state index in [1.807, 2.05) is 0 Å². The summed E-state index contributed by atoms with van der Waals surface area (Å²) in [5, 5.41) is 0. The number of nitrogens with two attached hydrogens (primary N) is 1. The van der Waals surface area contributed by atoms with Crippen LogP contribution < -0.4 is 10.5 Å². The largest absolute Gasteiger partial charge is 0.454 e. The quantitative estimate of drug-likeness (QED) is 0.681. The highest BCUT2D eigenvalue weighted by atomic mass is 79.9. The smallest absolute Gasteiger partial charge is 0.166 e. The molecule has 0 heterocycles. The summed E-state index contributed by atoms with van der Waals surface area (Å²) in [6.07, 6.45) is 0. The van der Waals surface area contributed by atoms with Gasteiger partial charge in [-0.25, -0.2) is 4.39 Å². The molecule has 0 amide bonds. The first kappa shape index (κ1) is 13.5. The summed E-state index contributed by atoms with van der Waals surface area (Å²) in [4.78, 5) is 11.4. The molecule has 0 saturated carbocycles. The second kappa shape index (κ2) is 5.40. The van der Waals surface area contributed by atoms with E-state index < -0.39 is 5.82 Å². The normalized spacial score (nSPS) is 10.3. The van der Waals surface area contributed by atoms with Crippen LogP contribution in [-0.2, 0) is 0 Å². The van der Waals surface area contributed by atoms with Crippen molar-refractivity contribution in [2.45, 2.75) is 6.92 Å². The van der Waals surface area contributed by atoms with Gasteiger partial charge in [0.1, 0.15) is 5.75 Å². The minimum atomic E-state index is -0.490. The van der Waals surface area contributed by atoms with Gasteiger partial charge in [-0.05, 0) is 43.3 Å². The van der Waals surface area contributed by atoms with E-state index in [0.717, 1.165) is 0 Å². The van der Waals surface area contributed by atoms with Gasteiger partial charge >= 0.3 is 0 Å². The van der Waals surface area contributed by atoms with Crippen LogP contribution in [0.25, 0.3) is 0 Å². The van der Waals surface area contributed by atoms with Gasteiger partial charge in [0.15, 0.2) is 17.3 Å². The van der Waals surface area contributed by atoms with E-state index in [1.165, 1.54) is 25.1 Å². The third-order valence-corrected chi connectivity index (χ3v) is 3.02. The first-order chi connectivity index (χ1) is 8.97. The van der Waals surface area contributed by atoms with Gasteiger partial charge in [-0.3, -0.25) is 4.79 Å². The maximum atomic E-state index is 13.6. The van der Waals surface area contributed by atoms with Crippen molar-refractivity contribution in [2.24, 2.45) is 0 Å². The van der Waals surface area contributed by atoms with E-state index in [9.17, 15) is 9.18 Å². The standard InChI is InChI=1S/C14H11BrFNO2/c1-8(18)11-7-10(3-4-13(11)17)19-14-5-2-9(15)6-12(14)16/h2-7H,17H2,1H3. The summed E-state index contributed by atoms with van der Waals surface area (Å²) in [6.45, 7) is 1.41. The Labute approximate surface area is 118 Å². The van der Waals surface area contributed by atoms with Gasteiger partial charge in [0.25, 0.3) is 0 Å². The molecule has 0 aliphatic carbocycles. The fourth-order valence-corrected chi connectivity index (χ4v) is 1.92. The van der Waals surface area contributed by atoms with Gasteiger partial charge in [0.05, 0.1) is 0 Å². The van der Waals surface area contributed by atoms with Gasteiger partial charge in [-0.1, -0.05) is 15.9 Å². The summed E-state index contributed by atoms with van der Waals surface area (Å²) in [5.74, 6) is -0.210. The van der Waals surface area contributed by atoms with Crippen LogP contribution in [0.2, 0.25) is 0 Å². The third kappa shape index (κ3) is 3.12. The lowest BCUT2D eigenvalue weighted by Gasteiger charge is -2.09. The number of anilines is 1. The van der Waals surface area contributed by atoms with E-state index in [1.54, 1.807) is 18.2 Å². The van der Waals surface area contributed by atoms with Gasteiger partial charge in [0, 0.05) is 15.7 Å². The Bertz CT molecular complexity index is 643. The molecule has 0 radical (unpaired) electrons. The molecule has 0 aliphatic heterocycles. The van der Waals surface area contributed by atoms with Crippen LogP contribution in [0.3, 0.4) is 0 Å². The molecule has 2 aromatic rings. The van der Waals surface area contributed by atoms with Gasteiger partial charge in [-0.2, -0.15) is 0 Å². The Morgan fingerprint density at radius 1 is 1.26 bits per heavy atom. The van der Waals surface area contributed by atoms with Crippen LogP contribution in [0.1, 0.15) is 17.3 Å². The van der Waals surface area contributed by atoms with Crippen molar-refractivity contribution in [3.05, 3.63) is 52.3 Å². The number of ether oxygens (including phenoxy) is 1. The molecule has 19 heavy (non-hydrogen) atoms. The van der Waals surface area contributed by atoms with Crippen LogP contribution in [0.5, 0.6) is 11.5 Å². The Kier molecular flexibility index (Phi) is 3.85. The molecule has 0 fully saturated rings. The fourth-order valence-electron chi connectivity index (χ4n) is 1.59. The number of nitrogen functional groups attached to an aromatic ring is 1. The van der Waals surface area contributed by atoms with Crippen LogP contribution in [0.4, 0.5) is 10.1 Å². The maximum Gasteiger partial charge on any atom is 0.166 e. The van der Waals surface area contributed by atoms with Crippen molar-refractivity contribution in [1.82, 2.24) is 0 Å². The van der Waals surface area contributed by atoms with E-state index in [0.29, 0.717) is 21.5 Å². The number of carbonyl (C=O) groups is 1. The highest BCUT2D eigenvalue weighted by Gasteiger charge is 2.09. The Morgan fingerprint density at radius 2 is 2.00 bits per heavy atom. The van der Waals surface area contributed by atoms with Gasteiger partial charge in [-0.15, -0.1) is 0 Å². The average molecular weight is 324 g/mol. The van der Waals surface area contributed by atoms with Crippen molar-refractivity contribution >= 4 is 27.4 Å². The summed E-state index contributed by atoms with van der Waals surface area (Å²) >= 11 is 3.17. The van der Waals surface area contributed by atoms with Crippen molar-refractivity contribution < 1.29 is 13.9 Å². The number of Topliss-reactive ketones (excluding diaryl/α,β-unsaturated/α-hetero) is 1. The molecule has 0 aliphatic rings.